The number of carbonyl (C=O) groups excluding carboxylic acids is 1. The minimum atomic E-state index is 0.0783. The molecule has 0 spiro atoms. The van der Waals surface area contributed by atoms with Gasteiger partial charge in [0.25, 0.3) is 0 Å². The Hall–Kier alpha value is -1.41. The number of benzene rings is 1. The second kappa shape index (κ2) is 6.37. The predicted molar refractivity (Wildman–Crippen MR) is 88.4 cm³/mol. The number of allylic oxidation sites excluding steroid dienone is 2. The lowest BCUT2D eigenvalue weighted by atomic mass is 9.58. The minimum Gasteiger partial charge on any atom is -0.376 e. The van der Waals surface area contributed by atoms with Gasteiger partial charge in [-0.2, -0.15) is 0 Å². The van der Waals surface area contributed by atoms with Gasteiger partial charge in [0.15, 0.2) is 5.78 Å². The highest BCUT2D eigenvalue weighted by Gasteiger charge is 2.46. The first-order valence-corrected chi connectivity index (χ1v) is 8.46. The van der Waals surface area contributed by atoms with Gasteiger partial charge in [0.1, 0.15) is 0 Å². The van der Waals surface area contributed by atoms with Crippen LogP contribution in [0.3, 0.4) is 0 Å². The van der Waals surface area contributed by atoms with Crippen LogP contribution in [0.25, 0.3) is 0 Å². The number of Topliss-reactive ketones (excluding diaryl/α,β-unsaturated/α-hetero) is 1. The zero-order valence-corrected chi connectivity index (χ0v) is 13.7. The van der Waals surface area contributed by atoms with E-state index in [1.807, 2.05) is 18.2 Å². The van der Waals surface area contributed by atoms with Crippen molar-refractivity contribution >= 4 is 5.78 Å². The molecule has 3 atom stereocenters. The Balaban J connectivity index is 1.70. The summed E-state index contributed by atoms with van der Waals surface area (Å²) in [5.74, 6) is 1.31. The highest BCUT2D eigenvalue weighted by atomic mass is 16.5. The Labute approximate surface area is 133 Å². The van der Waals surface area contributed by atoms with Crippen molar-refractivity contribution in [2.24, 2.45) is 17.3 Å². The van der Waals surface area contributed by atoms with Crippen LogP contribution in [0.1, 0.15) is 45.1 Å². The van der Waals surface area contributed by atoms with Crippen LogP contribution in [-0.2, 0) is 16.1 Å². The fourth-order valence-electron chi connectivity index (χ4n) is 4.02. The minimum absolute atomic E-state index is 0.0783. The molecule has 2 aliphatic rings. The molecule has 0 N–H and O–H groups in total. The third-order valence-electron chi connectivity index (χ3n) is 5.73. The monoisotopic (exact) mass is 298 g/mol. The summed E-state index contributed by atoms with van der Waals surface area (Å²) in [5.41, 5.74) is 2.38. The molecule has 0 aliphatic heterocycles. The maximum absolute atomic E-state index is 12.2. The van der Waals surface area contributed by atoms with Crippen molar-refractivity contribution in [1.29, 1.82) is 0 Å². The number of hydrogen-bond acceptors (Lipinski definition) is 2. The Morgan fingerprint density at radius 3 is 2.82 bits per heavy atom. The van der Waals surface area contributed by atoms with E-state index in [0.29, 0.717) is 24.2 Å². The molecule has 0 amide bonds. The quantitative estimate of drug-likeness (QED) is 0.815. The summed E-state index contributed by atoms with van der Waals surface area (Å²) >= 11 is 0. The molecule has 2 heteroatoms. The van der Waals surface area contributed by atoms with Crippen LogP contribution in [-0.4, -0.2) is 12.4 Å². The summed E-state index contributed by atoms with van der Waals surface area (Å²) in [5, 5.41) is 0. The van der Waals surface area contributed by atoms with Gasteiger partial charge in [0, 0.05) is 11.8 Å². The standard InChI is InChI=1S/C20H26O2/c1-15-11-12-17-18(9-6-10-19(17)21)20(15,2)14-22-13-16-7-4-3-5-8-16/h3-5,7-8,12,15,18H,6,9-11,13-14H2,1-2H3/t15-,18+,20+/m1/s1. The Kier molecular flexibility index (Phi) is 4.49. The van der Waals surface area contributed by atoms with Crippen LogP contribution in [0, 0.1) is 17.3 Å². The first-order valence-electron chi connectivity index (χ1n) is 8.46. The van der Waals surface area contributed by atoms with E-state index in [4.69, 9.17) is 4.74 Å². The van der Waals surface area contributed by atoms with Gasteiger partial charge in [-0.1, -0.05) is 50.3 Å². The third kappa shape index (κ3) is 2.89. The van der Waals surface area contributed by atoms with Crippen molar-refractivity contribution in [3.05, 3.63) is 47.5 Å². The number of carbonyl (C=O) groups is 1. The molecule has 0 saturated heterocycles. The van der Waals surface area contributed by atoms with Gasteiger partial charge in [0.2, 0.25) is 0 Å². The first-order chi connectivity index (χ1) is 10.6. The third-order valence-corrected chi connectivity index (χ3v) is 5.73. The van der Waals surface area contributed by atoms with E-state index in [1.54, 1.807) is 0 Å². The lowest BCUT2D eigenvalue weighted by Crippen LogP contribution is -2.44. The van der Waals surface area contributed by atoms with Crippen LogP contribution < -0.4 is 0 Å². The first kappa shape index (κ1) is 15.5. The molecule has 0 aromatic heterocycles. The largest absolute Gasteiger partial charge is 0.376 e. The van der Waals surface area contributed by atoms with E-state index in [1.165, 1.54) is 5.56 Å². The van der Waals surface area contributed by atoms with Gasteiger partial charge in [-0.25, -0.2) is 0 Å². The normalized spacial score (nSPS) is 31.5. The molecule has 2 nitrogen and oxygen atoms in total. The second-order valence-electron chi connectivity index (χ2n) is 7.15. The van der Waals surface area contributed by atoms with Gasteiger partial charge in [-0.15, -0.1) is 0 Å². The Bertz CT molecular complexity index is 560. The fraction of sp³-hybridized carbons (Fsp3) is 0.550. The molecule has 1 aromatic rings. The number of ketones is 1. The van der Waals surface area contributed by atoms with Crippen LogP contribution >= 0.6 is 0 Å². The molecule has 0 heterocycles. The van der Waals surface area contributed by atoms with Gasteiger partial charge in [0.05, 0.1) is 13.2 Å². The van der Waals surface area contributed by atoms with E-state index < -0.39 is 0 Å². The smallest absolute Gasteiger partial charge is 0.158 e. The molecule has 1 aromatic carbocycles. The van der Waals surface area contributed by atoms with Crippen LogP contribution in [0.2, 0.25) is 0 Å². The highest BCUT2D eigenvalue weighted by molar-refractivity contribution is 5.96. The van der Waals surface area contributed by atoms with E-state index in [2.05, 4.69) is 32.1 Å². The molecule has 2 aliphatic carbocycles. The summed E-state index contributed by atoms with van der Waals surface area (Å²) < 4.78 is 6.08. The summed E-state index contributed by atoms with van der Waals surface area (Å²) in [6.45, 7) is 6.01. The zero-order valence-electron chi connectivity index (χ0n) is 13.7. The van der Waals surface area contributed by atoms with Crippen molar-refractivity contribution in [3.8, 4) is 0 Å². The van der Waals surface area contributed by atoms with E-state index in [0.717, 1.165) is 37.9 Å². The topological polar surface area (TPSA) is 26.3 Å². The maximum Gasteiger partial charge on any atom is 0.158 e. The fourth-order valence-corrected chi connectivity index (χ4v) is 4.02. The van der Waals surface area contributed by atoms with Crippen molar-refractivity contribution in [1.82, 2.24) is 0 Å². The second-order valence-corrected chi connectivity index (χ2v) is 7.15. The van der Waals surface area contributed by atoms with E-state index in [9.17, 15) is 4.79 Å². The molecule has 0 bridgehead atoms. The Morgan fingerprint density at radius 1 is 1.27 bits per heavy atom. The lowest BCUT2D eigenvalue weighted by molar-refractivity contribution is -0.119. The van der Waals surface area contributed by atoms with Crippen LogP contribution in [0.4, 0.5) is 0 Å². The van der Waals surface area contributed by atoms with Crippen molar-refractivity contribution in [2.75, 3.05) is 6.61 Å². The summed E-state index contributed by atoms with van der Waals surface area (Å²) in [6, 6.07) is 10.3. The SMILES string of the molecule is C[C@@H]1CC=C2C(=O)CCC[C@@H]2[C@@]1(C)COCc1ccccc1. The average Bonchev–Trinajstić information content (AvgIpc) is 2.53. The maximum atomic E-state index is 12.2. The average molecular weight is 298 g/mol. The molecule has 1 saturated carbocycles. The predicted octanol–water partition coefficient (Wildman–Crippen LogP) is 4.54. The molecule has 0 radical (unpaired) electrons. The molecular formula is C20H26O2. The molecular weight excluding hydrogens is 272 g/mol. The van der Waals surface area contributed by atoms with Gasteiger partial charge >= 0.3 is 0 Å². The molecule has 3 rings (SSSR count). The van der Waals surface area contributed by atoms with Crippen molar-refractivity contribution in [2.45, 2.75) is 46.1 Å². The van der Waals surface area contributed by atoms with Crippen LogP contribution in [0.5, 0.6) is 0 Å². The van der Waals surface area contributed by atoms with Gasteiger partial charge < -0.3 is 4.74 Å². The summed E-state index contributed by atoms with van der Waals surface area (Å²) in [7, 11) is 0. The molecule has 0 unspecified atom stereocenters. The van der Waals surface area contributed by atoms with Gasteiger partial charge in [-0.3, -0.25) is 4.79 Å². The number of fused-ring (bicyclic) bond motifs is 1. The summed E-state index contributed by atoms with van der Waals surface area (Å²) in [4.78, 5) is 12.2. The lowest BCUT2D eigenvalue weighted by Gasteiger charge is -2.47. The van der Waals surface area contributed by atoms with E-state index >= 15 is 0 Å². The van der Waals surface area contributed by atoms with Crippen LogP contribution in [0.15, 0.2) is 42.0 Å². The molecule has 22 heavy (non-hydrogen) atoms. The Morgan fingerprint density at radius 2 is 2.05 bits per heavy atom. The van der Waals surface area contributed by atoms with Crippen molar-refractivity contribution < 1.29 is 9.53 Å². The number of hydrogen-bond donors (Lipinski definition) is 0. The van der Waals surface area contributed by atoms with Gasteiger partial charge in [-0.05, 0) is 42.2 Å². The number of rotatable bonds is 4. The van der Waals surface area contributed by atoms with E-state index in [-0.39, 0.29) is 5.41 Å². The molecule has 118 valence electrons. The highest BCUT2D eigenvalue weighted by Crippen LogP contribution is 2.50. The summed E-state index contributed by atoms with van der Waals surface area (Å²) in [6.07, 6.45) is 6.10. The number of ether oxygens (including phenoxy) is 1. The van der Waals surface area contributed by atoms with Crippen molar-refractivity contribution in [3.63, 3.8) is 0 Å². The zero-order chi connectivity index (χ0) is 15.6. The molecule has 1 fully saturated rings.